The smallest absolute Gasteiger partial charge is 0.0835 e. The van der Waals surface area contributed by atoms with Crippen LogP contribution in [-0.2, 0) is 6.42 Å². The highest BCUT2D eigenvalue weighted by atomic mass is 35.5. The zero-order valence-electron chi connectivity index (χ0n) is 12.9. The summed E-state index contributed by atoms with van der Waals surface area (Å²) in [5, 5.41) is 5.98. The van der Waals surface area contributed by atoms with Crippen LogP contribution in [0.4, 0.5) is 0 Å². The lowest BCUT2D eigenvalue weighted by Gasteiger charge is -2.13. The van der Waals surface area contributed by atoms with E-state index in [0.29, 0.717) is 10.0 Å². The average Bonchev–Trinajstić information content (AvgIpc) is 3.09. The number of hydrogen-bond donors (Lipinski definition) is 0. The molecule has 0 saturated carbocycles. The van der Waals surface area contributed by atoms with E-state index in [-0.39, 0.29) is 0 Å². The number of rotatable bonds is 5. The topological polar surface area (TPSA) is 21.1 Å². The Morgan fingerprint density at radius 2 is 1.91 bits per heavy atom. The second-order valence-electron chi connectivity index (χ2n) is 5.94. The molecule has 0 N–H and O–H groups in total. The number of likely N-dealkylation sites (tertiary alicyclic amines) is 1. The molecule has 1 aliphatic heterocycles. The van der Waals surface area contributed by atoms with Crippen molar-refractivity contribution in [1.29, 1.82) is 0 Å². The van der Waals surface area contributed by atoms with Crippen molar-refractivity contribution in [2.45, 2.75) is 32.6 Å². The van der Waals surface area contributed by atoms with Gasteiger partial charge in [-0.15, -0.1) is 0 Å². The number of aryl methyl sites for hydroxylation is 2. The van der Waals surface area contributed by atoms with Gasteiger partial charge < -0.3 is 4.90 Å². The van der Waals surface area contributed by atoms with Crippen LogP contribution in [0.3, 0.4) is 0 Å². The quantitative estimate of drug-likeness (QED) is 0.799. The monoisotopic (exact) mass is 337 g/mol. The second kappa shape index (κ2) is 7.03. The molecular formula is C17H21Cl2N3. The Morgan fingerprint density at radius 1 is 1.14 bits per heavy atom. The lowest BCUT2D eigenvalue weighted by molar-refractivity contribution is 0.333. The Bertz CT molecular complexity index is 645. The van der Waals surface area contributed by atoms with Gasteiger partial charge in [-0.1, -0.05) is 23.2 Å². The zero-order chi connectivity index (χ0) is 15.5. The first-order valence-corrected chi connectivity index (χ1v) is 8.62. The minimum atomic E-state index is 0.627. The van der Waals surface area contributed by atoms with Gasteiger partial charge in [-0.3, -0.25) is 0 Å². The number of aromatic nitrogens is 2. The molecule has 2 heterocycles. The fourth-order valence-electron chi connectivity index (χ4n) is 3.05. The van der Waals surface area contributed by atoms with E-state index in [1.165, 1.54) is 32.5 Å². The van der Waals surface area contributed by atoms with Crippen molar-refractivity contribution in [2.75, 3.05) is 19.6 Å². The number of hydrogen-bond acceptors (Lipinski definition) is 2. The highest BCUT2D eigenvalue weighted by molar-refractivity contribution is 6.35. The molecule has 0 spiro atoms. The largest absolute Gasteiger partial charge is 0.303 e. The molecule has 1 aromatic heterocycles. The van der Waals surface area contributed by atoms with E-state index in [2.05, 4.69) is 17.9 Å². The van der Waals surface area contributed by atoms with Crippen molar-refractivity contribution in [3.05, 3.63) is 45.7 Å². The first kappa shape index (κ1) is 15.9. The maximum Gasteiger partial charge on any atom is 0.0835 e. The summed E-state index contributed by atoms with van der Waals surface area (Å²) < 4.78 is 1.91. The van der Waals surface area contributed by atoms with Crippen LogP contribution >= 0.6 is 23.2 Å². The fraction of sp³-hybridized carbons (Fsp3) is 0.471. The van der Waals surface area contributed by atoms with Crippen LogP contribution in [0.25, 0.3) is 5.69 Å². The minimum absolute atomic E-state index is 0.627. The van der Waals surface area contributed by atoms with Crippen molar-refractivity contribution in [1.82, 2.24) is 14.7 Å². The van der Waals surface area contributed by atoms with E-state index in [0.717, 1.165) is 29.9 Å². The van der Waals surface area contributed by atoms with E-state index in [1.54, 1.807) is 6.07 Å². The van der Waals surface area contributed by atoms with Gasteiger partial charge in [0, 0.05) is 10.7 Å². The van der Waals surface area contributed by atoms with Crippen LogP contribution in [-0.4, -0.2) is 34.3 Å². The third kappa shape index (κ3) is 3.65. The van der Waals surface area contributed by atoms with Crippen molar-refractivity contribution >= 4 is 23.2 Å². The number of halogens is 2. The molecule has 0 atom stereocenters. The molecule has 22 heavy (non-hydrogen) atoms. The van der Waals surface area contributed by atoms with Crippen LogP contribution in [0.1, 0.15) is 30.7 Å². The highest BCUT2D eigenvalue weighted by Gasteiger charge is 2.12. The van der Waals surface area contributed by atoms with Gasteiger partial charge in [0.15, 0.2) is 0 Å². The standard InChI is InChI=1S/C17H21Cl2N3/c1-13-11-15(5-4-10-21-8-2-3-9-21)20-22(13)17-7-6-14(18)12-16(17)19/h6-7,11-12H,2-5,8-10H2,1H3. The molecular weight excluding hydrogens is 317 g/mol. The molecule has 1 aliphatic rings. The first-order chi connectivity index (χ1) is 10.6. The highest BCUT2D eigenvalue weighted by Crippen LogP contribution is 2.25. The minimum Gasteiger partial charge on any atom is -0.303 e. The van der Waals surface area contributed by atoms with E-state index >= 15 is 0 Å². The van der Waals surface area contributed by atoms with Gasteiger partial charge in [0.25, 0.3) is 0 Å². The molecule has 0 radical (unpaired) electrons. The summed E-state index contributed by atoms with van der Waals surface area (Å²) in [7, 11) is 0. The summed E-state index contributed by atoms with van der Waals surface area (Å²) >= 11 is 12.2. The van der Waals surface area contributed by atoms with Crippen LogP contribution < -0.4 is 0 Å². The summed E-state index contributed by atoms with van der Waals surface area (Å²) in [5.74, 6) is 0. The molecule has 0 unspecified atom stereocenters. The lowest BCUT2D eigenvalue weighted by Crippen LogP contribution is -2.20. The van der Waals surface area contributed by atoms with Crippen LogP contribution in [0.5, 0.6) is 0 Å². The molecule has 5 heteroatoms. The Labute approximate surface area is 141 Å². The first-order valence-electron chi connectivity index (χ1n) is 7.87. The van der Waals surface area contributed by atoms with E-state index < -0.39 is 0 Å². The predicted molar refractivity (Wildman–Crippen MR) is 92.3 cm³/mol. The van der Waals surface area contributed by atoms with Gasteiger partial charge in [-0.05, 0) is 76.5 Å². The maximum atomic E-state index is 6.28. The molecule has 0 aliphatic carbocycles. The van der Waals surface area contributed by atoms with Gasteiger partial charge in [-0.25, -0.2) is 4.68 Å². The zero-order valence-corrected chi connectivity index (χ0v) is 14.4. The van der Waals surface area contributed by atoms with E-state index in [1.807, 2.05) is 16.8 Å². The molecule has 1 fully saturated rings. The van der Waals surface area contributed by atoms with Crippen LogP contribution in [0.2, 0.25) is 10.0 Å². The fourth-order valence-corrected chi connectivity index (χ4v) is 3.54. The molecule has 3 rings (SSSR count). The molecule has 1 saturated heterocycles. The molecule has 2 aromatic rings. The number of nitrogens with zero attached hydrogens (tertiary/aromatic N) is 3. The molecule has 0 bridgehead atoms. The SMILES string of the molecule is Cc1cc(CCCN2CCCC2)nn1-c1ccc(Cl)cc1Cl. The lowest BCUT2D eigenvalue weighted by atomic mass is 10.2. The third-order valence-corrected chi connectivity index (χ3v) is 4.72. The van der Waals surface area contributed by atoms with E-state index in [4.69, 9.17) is 28.3 Å². The Hall–Kier alpha value is -1.03. The third-order valence-electron chi connectivity index (χ3n) is 4.18. The van der Waals surface area contributed by atoms with Crippen molar-refractivity contribution in [3.63, 3.8) is 0 Å². The van der Waals surface area contributed by atoms with Gasteiger partial charge >= 0.3 is 0 Å². The molecule has 118 valence electrons. The molecule has 0 amide bonds. The van der Waals surface area contributed by atoms with Crippen LogP contribution in [0, 0.1) is 6.92 Å². The normalized spacial score (nSPS) is 15.6. The van der Waals surface area contributed by atoms with Gasteiger partial charge in [0.2, 0.25) is 0 Å². The average molecular weight is 338 g/mol. The summed E-state index contributed by atoms with van der Waals surface area (Å²) in [4.78, 5) is 2.54. The predicted octanol–water partition coefficient (Wildman–Crippen LogP) is 4.52. The maximum absolute atomic E-state index is 6.28. The molecule has 1 aromatic carbocycles. The van der Waals surface area contributed by atoms with Crippen molar-refractivity contribution in [3.8, 4) is 5.69 Å². The van der Waals surface area contributed by atoms with Crippen molar-refractivity contribution in [2.24, 2.45) is 0 Å². The second-order valence-corrected chi connectivity index (χ2v) is 6.78. The summed E-state index contributed by atoms with van der Waals surface area (Å²) in [6.07, 6.45) is 4.87. The van der Waals surface area contributed by atoms with Gasteiger partial charge in [-0.2, -0.15) is 5.10 Å². The summed E-state index contributed by atoms with van der Waals surface area (Å²) in [6, 6.07) is 7.66. The summed E-state index contributed by atoms with van der Waals surface area (Å²) in [6.45, 7) is 5.75. The molecule has 3 nitrogen and oxygen atoms in total. The Morgan fingerprint density at radius 3 is 2.64 bits per heavy atom. The Kier molecular flexibility index (Phi) is 5.07. The number of benzene rings is 1. The van der Waals surface area contributed by atoms with Gasteiger partial charge in [0.1, 0.15) is 0 Å². The van der Waals surface area contributed by atoms with Crippen molar-refractivity contribution < 1.29 is 0 Å². The van der Waals surface area contributed by atoms with Gasteiger partial charge in [0.05, 0.1) is 16.4 Å². The van der Waals surface area contributed by atoms with Crippen LogP contribution in [0.15, 0.2) is 24.3 Å². The Balaban J connectivity index is 1.67. The van der Waals surface area contributed by atoms with E-state index in [9.17, 15) is 0 Å². The summed E-state index contributed by atoms with van der Waals surface area (Å²) in [5.41, 5.74) is 3.11.